The van der Waals surface area contributed by atoms with Crippen LogP contribution in [0.3, 0.4) is 0 Å². The van der Waals surface area contributed by atoms with Gasteiger partial charge in [-0.15, -0.1) is 0 Å². The minimum Gasteiger partial charge on any atom is -0.473 e. The number of hydrogen-bond acceptors (Lipinski definition) is 4. The van der Waals surface area contributed by atoms with Gasteiger partial charge in [0, 0.05) is 10.6 Å². The lowest BCUT2D eigenvalue weighted by Gasteiger charge is -2.17. The third kappa shape index (κ3) is 4.49. The van der Waals surface area contributed by atoms with Gasteiger partial charge in [-0.3, -0.25) is 9.59 Å². The van der Waals surface area contributed by atoms with Crippen molar-refractivity contribution in [3.8, 4) is 17.1 Å². The number of carbonyl (C=O) groups is 1. The summed E-state index contributed by atoms with van der Waals surface area (Å²) in [4.78, 5) is 26.1. The van der Waals surface area contributed by atoms with Crippen molar-refractivity contribution in [2.75, 3.05) is 5.32 Å². The fourth-order valence-electron chi connectivity index (χ4n) is 3.18. The summed E-state index contributed by atoms with van der Waals surface area (Å²) in [7, 11) is 0. The highest BCUT2D eigenvalue weighted by Crippen LogP contribution is 2.32. The second-order valence-corrected chi connectivity index (χ2v) is 8.17. The van der Waals surface area contributed by atoms with E-state index < -0.39 is 17.4 Å². The maximum atomic E-state index is 13.3. The highest BCUT2D eigenvalue weighted by atomic mass is 35.5. The first kappa shape index (κ1) is 21.9. The van der Waals surface area contributed by atoms with Crippen LogP contribution in [0.25, 0.3) is 22.3 Å². The average molecular weight is 468 g/mol. The third-order valence-electron chi connectivity index (χ3n) is 4.92. The van der Waals surface area contributed by atoms with Crippen molar-refractivity contribution < 1.29 is 13.9 Å². The van der Waals surface area contributed by atoms with Crippen LogP contribution in [-0.4, -0.2) is 12.0 Å². The SMILES string of the molecule is Cc1ccc(-c2oc3ccc(Cl)cc3c(=O)c2OC(C)C(=O)Nc2ccccc2Cl)cc1. The summed E-state index contributed by atoms with van der Waals surface area (Å²) >= 11 is 12.2. The van der Waals surface area contributed by atoms with Gasteiger partial charge in [0.2, 0.25) is 11.2 Å². The van der Waals surface area contributed by atoms with Crippen LogP contribution in [0.1, 0.15) is 12.5 Å². The molecule has 0 saturated heterocycles. The van der Waals surface area contributed by atoms with Crippen LogP contribution in [-0.2, 0) is 4.79 Å². The molecular weight excluding hydrogens is 449 g/mol. The van der Waals surface area contributed by atoms with E-state index in [1.165, 1.54) is 6.07 Å². The van der Waals surface area contributed by atoms with Crippen molar-refractivity contribution in [1.82, 2.24) is 0 Å². The highest BCUT2D eigenvalue weighted by molar-refractivity contribution is 6.33. The number of aryl methyl sites for hydroxylation is 1. The fraction of sp³-hybridized carbons (Fsp3) is 0.120. The number of para-hydroxylation sites is 1. The van der Waals surface area contributed by atoms with Gasteiger partial charge in [0.15, 0.2) is 11.9 Å². The number of hydrogen-bond donors (Lipinski definition) is 1. The molecule has 1 N–H and O–H groups in total. The third-order valence-corrected chi connectivity index (χ3v) is 5.48. The van der Waals surface area contributed by atoms with Crippen molar-refractivity contribution in [3.63, 3.8) is 0 Å². The molecule has 1 heterocycles. The molecule has 0 fully saturated rings. The molecule has 162 valence electrons. The molecule has 5 nitrogen and oxygen atoms in total. The van der Waals surface area contributed by atoms with Crippen LogP contribution in [0.5, 0.6) is 5.75 Å². The normalized spacial score (nSPS) is 11.9. The van der Waals surface area contributed by atoms with Crippen molar-refractivity contribution in [3.05, 3.63) is 92.6 Å². The number of benzene rings is 3. The van der Waals surface area contributed by atoms with E-state index in [2.05, 4.69) is 5.32 Å². The molecule has 0 radical (unpaired) electrons. The van der Waals surface area contributed by atoms with E-state index in [-0.39, 0.29) is 16.9 Å². The van der Waals surface area contributed by atoms with Gasteiger partial charge in [-0.25, -0.2) is 0 Å². The molecule has 0 aliphatic heterocycles. The van der Waals surface area contributed by atoms with Gasteiger partial charge in [-0.2, -0.15) is 0 Å². The Morgan fingerprint density at radius 3 is 2.47 bits per heavy atom. The van der Waals surface area contributed by atoms with E-state index in [4.69, 9.17) is 32.4 Å². The van der Waals surface area contributed by atoms with Crippen LogP contribution in [0, 0.1) is 6.92 Å². The molecule has 32 heavy (non-hydrogen) atoms. The zero-order valence-corrected chi connectivity index (χ0v) is 18.8. The molecule has 0 aliphatic carbocycles. The first-order valence-electron chi connectivity index (χ1n) is 9.89. The maximum Gasteiger partial charge on any atom is 0.265 e. The predicted octanol–water partition coefficient (Wildman–Crippen LogP) is 6.48. The second-order valence-electron chi connectivity index (χ2n) is 7.33. The molecule has 0 bridgehead atoms. The van der Waals surface area contributed by atoms with E-state index in [0.29, 0.717) is 26.9 Å². The fourth-order valence-corrected chi connectivity index (χ4v) is 3.53. The number of amides is 1. The first-order valence-corrected chi connectivity index (χ1v) is 10.6. The zero-order valence-electron chi connectivity index (χ0n) is 17.3. The summed E-state index contributed by atoms with van der Waals surface area (Å²) in [6.45, 7) is 3.51. The molecule has 1 amide bonds. The number of fused-ring (bicyclic) bond motifs is 1. The lowest BCUT2D eigenvalue weighted by molar-refractivity contribution is -0.122. The monoisotopic (exact) mass is 467 g/mol. The minimum atomic E-state index is -1.00. The molecule has 1 atom stereocenters. The maximum absolute atomic E-state index is 13.3. The molecule has 4 aromatic rings. The smallest absolute Gasteiger partial charge is 0.265 e. The number of anilines is 1. The lowest BCUT2D eigenvalue weighted by atomic mass is 10.1. The summed E-state index contributed by atoms with van der Waals surface area (Å²) in [5.74, 6) is -0.286. The summed E-state index contributed by atoms with van der Waals surface area (Å²) < 4.78 is 11.9. The van der Waals surface area contributed by atoms with Crippen molar-refractivity contribution >= 4 is 45.8 Å². The van der Waals surface area contributed by atoms with Gasteiger partial charge >= 0.3 is 0 Å². The lowest BCUT2D eigenvalue weighted by Crippen LogP contribution is -2.32. The van der Waals surface area contributed by atoms with Crippen LogP contribution >= 0.6 is 23.2 Å². The number of halogens is 2. The summed E-state index contributed by atoms with van der Waals surface area (Å²) in [5, 5.41) is 3.77. The van der Waals surface area contributed by atoms with Crippen molar-refractivity contribution in [1.29, 1.82) is 0 Å². The minimum absolute atomic E-state index is 0.0644. The van der Waals surface area contributed by atoms with E-state index >= 15 is 0 Å². The van der Waals surface area contributed by atoms with Crippen molar-refractivity contribution in [2.45, 2.75) is 20.0 Å². The Morgan fingerprint density at radius 2 is 1.75 bits per heavy atom. The van der Waals surface area contributed by atoms with Crippen LogP contribution in [0.2, 0.25) is 10.0 Å². The second kappa shape index (κ2) is 9.07. The van der Waals surface area contributed by atoms with E-state index in [1.807, 2.05) is 31.2 Å². The molecule has 3 aromatic carbocycles. The van der Waals surface area contributed by atoms with Gasteiger partial charge in [0.1, 0.15) is 5.58 Å². The van der Waals surface area contributed by atoms with Crippen LogP contribution in [0.4, 0.5) is 5.69 Å². The van der Waals surface area contributed by atoms with Gasteiger partial charge in [-0.05, 0) is 44.2 Å². The summed E-state index contributed by atoms with van der Waals surface area (Å²) in [6.07, 6.45) is -1.00. The predicted molar refractivity (Wildman–Crippen MR) is 128 cm³/mol. The molecule has 0 aliphatic rings. The molecule has 1 aromatic heterocycles. The standard InChI is InChI=1S/C25H19Cl2NO4/c1-14-7-9-16(10-8-14)23-24(22(29)18-13-17(26)11-12-21(18)32-23)31-15(2)25(30)28-20-6-4-3-5-19(20)27/h3-13,15H,1-2H3,(H,28,30). The number of nitrogens with one attached hydrogen (secondary N) is 1. The molecule has 1 unspecified atom stereocenters. The zero-order chi connectivity index (χ0) is 22.8. The Morgan fingerprint density at radius 1 is 1.03 bits per heavy atom. The van der Waals surface area contributed by atoms with Gasteiger partial charge in [-0.1, -0.05) is 65.2 Å². The Kier molecular flexibility index (Phi) is 6.21. The Bertz CT molecular complexity index is 1360. The first-order chi connectivity index (χ1) is 15.3. The molecule has 7 heteroatoms. The number of rotatable bonds is 5. The highest BCUT2D eigenvalue weighted by Gasteiger charge is 2.23. The van der Waals surface area contributed by atoms with Crippen LogP contribution in [0.15, 0.2) is 75.9 Å². The Hall–Kier alpha value is -3.28. The van der Waals surface area contributed by atoms with E-state index in [0.717, 1.165) is 5.56 Å². The van der Waals surface area contributed by atoms with E-state index in [9.17, 15) is 9.59 Å². The molecule has 0 spiro atoms. The molecular formula is C25H19Cl2NO4. The average Bonchev–Trinajstić information content (AvgIpc) is 2.78. The molecule has 0 saturated carbocycles. The number of ether oxygens (including phenoxy) is 1. The molecule has 4 rings (SSSR count). The summed E-state index contributed by atoms with van der Waals surface area (Å²) in [5.41, 5.74) is 2.11. The summed E-state index contributed by atoms with van der Waals surface area (Å²) in [6, 6.07) is 19.1. The quantitative estimate of drug-likeness (QED) is 0.364. The Labute approximate surface area is 194 Å². The van der Waals surface area contributed by atoms with Crippen LogP contribution < -0.4 is 15.5 Å². The van der Waals surface area contributed by atoms with Gasteiger partial charge < -0.3 is 14.5 Å². The van der Waals surface area contributed by atoms with Gasteiger partial charge in [0.25, 0.3) is 5.91 Å². The Balaban J connectivity index is 1.76. The van der Waals surface area contributed by atoms with Gasteiger partial charge in [0.05, 0.1) is 16.1 Å². The largest absolute Gasteiger partial charge is 0.473 e. The van der Waals surface area contributed by atoms with Crippen molar-refractivity contribution in [2.24, 2.45) is 0 Å². The number of carbonyl (C=O) groups excluding carboxylic acids is 1. The topological polar surface area (TPSA) is 68.5 Å². The van der Waals surface area contributed by atoms with E-state index in [1.54, 1.807) is 43.3 Å².